The van der Waals surface area contributed by atoms with Crippen LogP contribution in [0.4, 0.5) is 0 Å². The van der Waals surface area contributed by atoms with Crippen LogP contribution < -0.4 is 0 Å². The molecular weight excluding hydrogens is 271 g/mol. The molecule has 0 bridgehead atoms. The predicted octanol–water partition coefficient (Wildman–Crippen LogP) is 3.76. The number of hydrogen-bond donors (Lipinski definition) is 0. The topological polar surface area (TPSA) is 34.9 Å². The summed E-state index contributed by atoms with van der Waals surface area (Å²) in [4.78, 5) is 12.2. The van der Waals surface area contributed by atoms with E-state index in [1.54, 1.807) is 24.4 Å². The van der Waals surface area contributed by atoms with Crippen LogP contribution in [-0.2, 0) is 0 Å². The van der Waals surface area contributed by atoms with Gasteiger partial charge in [0.1, 0.15) is 0 Å². The molecule has 1 aromatic carbocycles. The molecule has 1 aliphatic rings. The van der Waals surface area contributed by atoms with Crippen molar-refractivity contribution in [2.45, 2.75) is 18.8 Å². The van der Waals surface area contributed by atoms with Gasteiger partial charge in [-0.05, 0) is 37.1 Å². The van der Waals surface area contributed by atoms with Crippen molar-refractivity contribution in [3.05, 3.63) is 51.8 Å². The van der Waals surface area contributed by atoms with Gasteiger partial charge in [-0.2, -0.15) is 5.10 Å². The molecule has 1 fully saturated rings. The molecule has 0 radical (unpaired) electrons. The SMILES string of the molecule is O=C(c1ccc(Cl)c(Cl)c1)n1ccc(C2CC2)n1. The lowest BCUT2D eigenvalue weighted by molar-refractivity contribution is 0.0944. The minimum Gasteiger partial charge on any atom is -0.267 e. The van der Waals surface area contributed by atoms with E-state index in [9.17, 15) is 4.79 Å². The Kier molecular flexibility index (Phi) is 2.88. The van der Waals surface area contributed by atoms with Crippen LogP contribution in [0.2, 0.25) is 10.0 Å². The molecular formula is C13H10Cl2N2O. The number of rotatable bonds is 2. The van der Waals surface area contributed by atoms with Gasteiger partial charge in [-0.1, -0.05) is 23.2 Å². The van der Waals surface area contributed by atoms with Gasteiger partial charge in [-0.15, -0.1) is 0 Å². The molecule has 3 rings (SSSR count). The standard InChI is InChI=1S/C13H10Cl2N2O/c14-10-4-3-9(7-11(10)15)13(18)17-6-5-12(16-17)8-1-2-8/h3-8H,1-2H2. The number of carbonyl (C=O) groups is 1. The minimum absolute atomic E-state index is 0.194. The zero-order valence-corrected chi connectivity index (χ0v) is 10.9. The van der Waals surface area contributed by atoms with Crippen molar-refractivity contribution in [3.63, 3.8) is 0 Å². The summed E-state index contributed by atoms with van der Waals surface area (Å²) in [5.74, 6) is 0.341. The van der Waals surface area contributed by atoms with Crippen LogP contribution in [-0.4, -0.2) is 15.7 Å². The van der Waals surface area contributed by atoms with Gasteiger partial charge in [0.15, 0.2) is 0 Å². The first kappa shape index (κ1) is 11.8. The van der Waals surface area contributed by atoms with Gasteiger partial charge in [0.2, 0.25) is 0 Å². The van der Waals surface area contributed by atoms with Crippen molar-refractivity contribution in [3.8, 4) is 0 Å². The fraction of sp³-hybridized carbons (Fsp3) is 0.231. The van der Waals surface area contributed by atoms with E-state index in [1.165, 1.54) is 4.68 Å². The van der Waals surface area contributed by atoms with Crippen LogP contribution in [0, 0.1) is 0 Å². The fourth-order valence-corrected chi connectivity index (χ4v) is 2.11. The van der Waals surface area contributed by atoms with E-state index < -0.39 is 0 Å². The highest BCUT2D eigenvalue weighted by Crippen LogP contribution is 2.38. The Morgan fingerprint density at radius 3 is 2.67 bits per heavy atom. The van der Waals surface area contributed by atoms with Crippen molar-refractivity contribution >= 4 is 29.1 Å². The second-order valence-electron chi connectivity index (χ2n) is 4.39. The summed E-state index contributed by atoms with van der Waals surface area (Å²) in [7, 11) is 0. The lowest BCUT2D eigenvalue weighted by Crippen LogP contribution is -2.12. The highest BCUT2D eigenvalue weighted by atomic mass is 35.5. The van der Waals surface area contributed by atoms with E-state index >= 15 is 0 Å². The zero-order chi connectivity index (χ0) is 12.7. The molecule has 0 amide bonds. The monoisotopic (exact) mass is 280 g/mol. The van der Waals surface area contributed by atoms with Gasteiger partial charge in [0.05, 0.1) is 15.7 Å². The second-order valence-corrected chi connectivity index (χ2v) is 5.21. The third kappa shape index (κ3) is 2.16. The molecule has 0 N–H and O–H groups in total. The Morgan fingerprint density at radius 2 is 2.00 bits per heavy atom. The second kappa shape index (κ2) is 4.41. The largest absolute Gasteiger partial charge is 0.278 e. The van der Waals surface area contributed by atoms with Crippen LogP contribution in [0.15, 0.2) is 30.5 Å². The van der Waals surface area contributed by atoms with Gasteiger partial charge >= 0.3 is 0 Å². The van der Waals surface area contributed by atoms with Gasteiger partial charge in [0.25, 0.3) is 5.91 Å². The molecule has 18 heavy (non-hydrogen) atoms. The molecule has 0 saturated heterocycles. The van der Waals surface area contributed by atoms with Crippen molar-refractivity contribution in [1.29, 1.82) is 0 Å². The Labute approximate surface area is 114 Å². The predicted molar refractivity (Wildman–Crippen MR) is 70.4 cm³/mol. The lowest BCUT2D eigenvalue weighted by Gasteiger charge is -2.02. The molecule has 1 aromatic heterocycles. The molecule has 3 nitrogen and oxygen atoms in total. The van der Waals surface area contributed by atoms with E-state index in [0.29, 0.717) is 21.5 Å². The smallest absolute Gasteiger partial charge is 0.267 e. The summed E-state index contributed by atoms with van der Waals surface area (Å²) in [5.41, 5.74) is 1.47. The third-order valence-corrected chi connectivity index (χ3v) is 3.72. The van der Waals surface area contributed by atoms with Crippen molar-refractivity contribution in [2.75, 3.05) is 0 Å². The van der Waals surface area contributed by atoms with Crippen LogP contribution in [0.1, 0.15) is 34.8 Å². The highest BCUT2D eigenvalue weighted by molar-refractivity contribution is 6.42. The molecule has 2 aromatic rings. The van der Waals surface area contributed by atoms with Crippen molar-refractivity contribution in [1.82, 2.24) is 9.78 Å². The quantitative estimate of drug-likeness (QED) is 0.840. The maximum absolute atomic E-state index is 12.2. The summed E-state index contributed by atoms with van der Waals surface area (Å²) < 4.78 is 1.35. The summed E-state index contributed by atoms with van der Waals surface area (Å²) in [5, 5.41) is 5.10. The first-order valence-electron chi connectivity index (χ1n) is 5.70. The number of benzene rings is 1. The molecule has 0 unspecified atom stereocenters. The van der Waals surface area contributed by atoms with Gasteiger partial charge in [-0.25, -0.2) is 4.68 Å². The van der Waals surface area contributed by atoms with E-state index in [-0.39, 0.29) is 5.91 Å². The molecule has 0 atom stereocenters. The van der Waals surface area contributed by atoms with Crippen molar-refractivity contribution in [2.24, 2.45) is 0 Å². The van der Waals surface area contributed by atoms with Gasteiger partial charge < -0.3 is 0 Å². The van der Waals surface area contributed by atoms with Crippen LogP contribution in [0.5, 0.6) is 0 Å². The zero-order valence-electron chi connectivity index (χ0n) is 9.44. The summed E-state index contributed by atoms with van der Waals surface area (Å²) in [6.07, 6.45) is 4.02. The first-order chi connectivity index (χ1) is 8.65. The maximum atomic E-state index is 12.2. The molecule has 1 saturated carbocycles. The first-order valence-corrected chi connectivity index (χ1v) is 6.46. The molecule has 1 aliphatic carbocycles. The number of aromatic nitrogens is 2. The number of halogens is 2. The van der Waals surface area contributed by atoms with Crippen LogP contribution >= 0.6 is 23.2 Å². The van der Waals surface area contributed by atoms with Crippen LogP contribution in [0.3, 0.4) is 0 Å². The third-order valence-electron chi connectivity index (χ3n) is 2.98. The minimum atomic E-state index is -0.194. The summed E-state index contributed by atoms with van der Waals surface area (Å²) in [6, 6.07) is 6.72. The van der Waals surface area contributed by atoms with E-state index in [4.69, 9.17) is 23.2 Å². The average molecular weight is 281 g/mol. The maximum Gasteiger partial charge on any atom is 0.278 e. The van der Waals surface area contributed by atoms with E-state index in [2.05, 4.69) is 5.10 Å². The summed E-state index contributed by atoms with van der Waals surface area (Å²) >= 11 is 11.7. The molecule has 1 heterocycles. The highest BCUT2D eigenvalue weighted by Gasteiger charge is 2.26. The number of carbonyl (C=O) groups excluding carboxylic acids is 1. The Bertz CT molecular complexity index is 617. The Balaban J connectivity index is 1.90. The summed E-state index contributed by atoms with van der Waals surface area (Å²) in [6.45, 7) is 0. The normalized spacial score (nSPS) is 14.8. The molecule has 0 spiro atoms. The lowest BCUT2D eigenvalue weighted by atomic mass is 10.2. The van der Waals surface area contributed by atoms with Crippen molar-refractivity contribution < 1.29 is 4.79 Å². The molecule has 5 heteroatoms. The Hall–Kier alpha value is -1.32. The van der Waals surface area contributed by atoms with Gasteiger partial charge in [-0.3, -0.25) is 4.79 Å². The average Bonchev–Trinajstić information content (AvgIpc) is 3.10. The van der Waals surface area contributed by atoms with E-state index in [0.717, 1.165) is 18.5 Å². The Morgan fingerprint density at radius 1 is 1.22 bits per heavy atom. The van der Waals surface area contributed by atoms with E-state index in [1.807, 2.05) is 6.07 Å². The molecule has 0 aliphatic heterocycles. The molecule has 92 valence electrons. The number of nitrogens with zero attached hydrogens (tertiary/aromatic N) is 2. The van der Waals surface area contributed by atoms with Gasteiger partial charge in [0, 0.05) is 17.7 Å². The number of hydrogen-bond acceptors (Lipinski definition) is 2. The van der Waals surface area contributed by atoms with Crippen LogP contribution in [0.25, 0.3) is 0 Å². The fourth-order valence-electron chi connectivity index (χ4n) is 1.81.